The lowest BCUT2D eigenvalue weighted by molar-refractivity contribution is 0.299. The third-order valence-electron chi connectivity index (χ3n) is 3.17. The van der Waals surface area contributed by atoms with E-state index in [1.54, 1.807) is 0 Å². The molecule has 4 heteroatoms. The molecule has 2 aromatic rings. The molecule has 0 unspecified atom stereocenters. The van der Waals surface area contributed by atoms with Gasteiger partial charge in [0, 0.05) is 36.2 Å². The molecule has 0 saturated heterocycles. The van der Waals surface area contributed by atoms with E-state index in [0.29, 0.717) is 13.0 Å². The maximum atomic E-state index is 8.90. The molecule has 0 spiro atoms. The summed E-state index contributed by atoms with van der Waals surface area (Å²) in [6.07, 6.45) is 0.655. The van der Waals surface area contributed by atoms with Gasteiger partial charge in [0.1, 0.15) is 11.5 Å². The molecule has 106 valence electrons. The zero-order valence-corrected chi connectivity index (χ0v) is 11.9. The molecule has 0 fully saturated rings. The fraction of sp³-hybridized carbons (Fsp3) is 0.312. The van der Waals surface area contributed by atoms with Gasteiger partial charge in [0.15, 0.2) is 0 Å². The molecule has 4 nitrogen and oxygen atoms in total. The Hall–Kier alpha value is -1.91. The third-order valence-corrected chi connectivity index (χ3v) is 3.17. The zero-order valence-electron chi connectivity index (χ0n) is 11.9. The lowest BCUT2D eigenvalue weighted by Crippen LogP contribution is -2.05. The molecule has 0 bridgehead atoms. The summed E-state index contributed by atoms with van der Waals surface area (Å²) >= 11 is 0. The van der Waals surface area contributed by atoms with Crippen molar-refractivity contribution in [3.05, 3.63) is 52.8 Å². The van der Waals surface area contributed by atoms with Crippen molar-refractivity contribution in [2.75, 3.05) is 6.61 Å². The Morgan fingerprint density at radius 3 is 2.50 bits per heavy atom. The Bertz CT molecular complexity index is 580. The summed E-state index contributed by atoms with van der Waals surface area (Å²) in [6, 6.07) is 9.60. The van der Waals surface area contributed by atoms with Crippen molar-refractivity contribution < 1.29 is 9.84 Å². The average Bonchev–Trinajstić information content (AvgIpc) is 2.41. The van der Waals surface area contributed by atoms with E-state index in [1.165, 1.54) is 0 Å². The summed E-state index contributed by atoms with van der Waals surface area (Å²) < 4.78 is 5.91. The quantitative estimate of drug-likeness (QED) is 0.877. The summed E-state index contributed by atoms with van der Waals surface area (Å²) in [5, 5.41) is 8.90. The highest BCUT2D eigenvalue weighted by atomic mass is 16.5. The normalized spacial score (nSPS) is 10.6. The molecule has 2 rings (SSSR count). The van der Waals surface area contributed by atoms with Crippen LogP contribution in [0.25, 0.3) is 0 Å². The average molecular weight is 272 g/mol. The van der Waals surface area contributed by atoms with Crippen LogP contribution in [0.4, 0.5) is 0 Å². The highest BCUT2D eigenvalue weighted by molar-refractivity contribution is 5.41. The van der Waals surface area contributed by atoms with Gasteiger partial charge in [-0.1, -0.05) is 12.1 Å². The van der Waals surface area contributed by atoms with E-state index in [2.05, 4.69) is 4.98 Å². The molecule has 1 heterocycles. The molecule has 0 amide bonds. The zero-order chi connectivity index (χ0) is 14.5. The third kappa shape index (κ3) is 3.35. The van der Waals surface area contributed by atoms with E-state index >= 15 is 0 Å². The van der Waals surface area contributed by atoms with Crippen molar-refractivity contribution in [2.45, 2.75) is 26.8 Å². The van der Waals surface area contributed by atoms with Gasteiger partial charge in [-0.15, -0.1) is 0 Å². The van der Waals surface area contributed by atoms with Crippen molar-refractivity contribution in [1.82, 2.24) is 4.98 Å². The summed E-state index contributed by atoms with van der Waals surface area (Å²) in [6.45, 7) is 4.42. The number of aliphatic hydroxyl groups is 1. The predicted octanol–water partition coefficient (Wildman–Crippen LogP) is 2.48. The summed E-state index contributed by atoms with van der Waals surface area (Å²) in [7, 11) is 0. The van der Waals surface area contributed by atoms with Gasteiger partial charge in [-0.2, -0.15) is 0 Å². The molecular formula is C16H20N2O2. The van der Waals surface area contributed by atoms with Gasteiger partial charge in [0.25, 0.3) is 0 Å². The Kier molecular flexibility index (Phi) is 4.71. The van der Waals surface area contributed by atoms with Crippen molar-refractivity contribution in [3.63, 3.8) is 0 Å². The Balaban J connectivity index is 2.25. The van der Waals surface area contributed by atoms with Crippen molar-refractivity contribution in [1.29, 1.82) is 0 Å². The minimum Gasteiger partial charge on any atom is -0.457 e. The molecule has 0 aliphatic rings. The summed E-state index contributed by atoms with van der Waals surface area (Å²) in [5.74, 6) is 1.51. The van der Waals surface area contributed by atoms with E-state index in [1.807, 2.05) is 44.2 Å². The smallest absolute Gasteiger partial charge is 0.135 e. The number of aliphatic hydroxyl groups excluding tert-OH is 1. The highest BCUT2D eigenvalue weighted by Crippen LogP contribution is 2.27. The monoisotopic (exact) mass is 272 g/mol. The van der Waals surface area contributed by atoms with Gasteiger partial charge in [-0.25, -0.2) is 0 Å². The van der Waals surface area contributed by atoms with Crippen LogP contribution in [0.2, 0.25) is 0 Å². The molecule has 20 heavy (non-hydrogen) atoms. The second kappa shape index (κ2) is 6.50. The number of hydrogen-bond donors (Lipinski definition) is 2. The topological polar surface area (TPSA) is 68.4 Å². The molecular weight excluding hydrogens is 252 g/mol. The Morgan fingerprint density at radius 2 is 1.90 bits per heavy atom. The van der Waals surface area contributed by atoms with Crippen LogP contribution in [0, 0.1) is 13.8 Å². The largest absolute Gasteiger partial charge is 0.457 e. The number of aryl methyl sites for hydroxylation is 2. The Morgan fingerprint density at radius 1 is 1.20 bits per heavy atom. The lowest BCUT2D eigenvalue weighted by Gasteiger charge is -2.13. The van der Waals surface area contributed by atoms with E-state index in [4.69, 9.17) is 15.6 Å². The summed E-state index contributed by atoms with van der Waals surface area (Å²) in [5.41, 5.74) is 9.59. The first kappa shape index (κ1) is 14.5. The maximum Gasteiger partial charge on any atom is 0.135 e. The van der Waals surface area contributed by atoms with Crippen LogP contribution >= 0.6 is 0 Å². The molecule has 3 N–H and O–H groups in total. The predicted molar refractivity (Wildman–Crippen MR) is 78.9 cm³/mol. The van der Waals surface area contributed by atoms with Gasteiger partial charge in [-0.3, -0.25) is 4.98 Å². The van der Waals surface area contributed by atoms with Crippen LogP contribution in [-0.2, 0) is 13.0 Å². The SMILES string of the molecule is Cc1cc(Oc2ccc(CCO)cc2)c(CN)c(C)n1. The van der Waals surface area contributed by atoms with E-state index < -0.39 is 0 Å². The number of rotatable bonds is 5. The number of nitrogens with two attached hydrogens (primary N) is 1. The minimum atomic E-state index is 0.153. The Labute approximate surface area is 119 Å². The second-order valence-electron chi connectivity index (χ2n) is 4.75. The maximum absolute atomic E-state index is 8.90. The lowest BCUT2D eigenvalue weighted by atomic mass is 10.1. The van der Waals surface area contributed by atoms with Crippen LogP contribution < -0.4 is 10.5 Å². The fourth-order valence-corrected chi connectivity index (χ4v) is 2.14. The van der Waals surface area contributed by atoms with E-state index in [0.717, 1.165) is 34.0 Å². The van der Waals surface area contributed by atoms with Crippen molar-refractivity contribution in [2.24, 2.45) is 5.73 Å². The number of nitrogens with zero attached hydrogens (tertiary/aromatic N) is 1. The standard InChI is InChI=1S/C16H20N2O2/c1-11-9-16(15(10-17)12(2)18-11)20-14-5-3-13(4-6-14)7-8-19/h3-6,9,19H,7-8,10,17H2,1-2H3. The number of aromatic nitrogens is 1. The number of benzene rings is 1. The molecule has 1 aromatic heterocycles. The van der Waals surface area contributed by atoms with E-state index in [9.17, 15) is 0 Å². The number of pyridine rings is 1. The molecule has 0 aliphatic carbocycles. The highest BCUT2D eigenvalue weighted by Gasteiger charge is 2.09. The first-order chi connectivity index (χ1) is 9.63. The van der Waals surface area contributed by atoms with Gasteiger partial charge < -0.3 is 15.6 Å². The van der Waals surface area contributed by atoms with Gasteiger partial charge in [0.2, 0.25) is 0 Å². The molecule has 0 atom stereocenters. The van der Waals surface area contributed by atoms with Gasteiger partial charge >= 0.3 is 0 Å². The van der Waals surface area contributed by atoms with Gasteiger partial charge in [-0.05, 0) is 38.0 Å². The van der Waals surface area contributed by atoms with Crippen molar-refractivity contribution >= 4 is 0 Å². The van der Waals surface area contributed by atoms with Crippen LogP contribution in [-0.4, -0.2) is 16.7 Å². The number of ether oxygens (including phenoxy) is 1. The molecule has 0 aliphatic heterocycles. The molecule has 1 aromatic carbocycles. The first-order valence-corrected chi connectivity index (χ1v) is 6.69. The van der Waals surface area contributed by atoms with Crippen LogP contribution in [0.5, 0.6) is 11.5 Å². The van der Waals surface area contributed by atoms with Gasteiger partial charge in [0.05, 0.1) is 0 Å². The molecule has 0 saturated carbocycles. The van der Waals surface area contributed by atoms with Crippen molar-refractivity contribution in [3.8, 4) is 11.5 Å². The fourth-order valence-electron chi connectivity index (χ4n) is 2.14. The van der Waals surface area contributed by atoms with E-state index in [-0.39, 0.29) is 6.61 Å². The van der Waals surface area contributed by atoms with Crippen LogP contribution in [0.15, 0.2) is 30.3 Å². The molecule has 0 radical (unpaired) electrons. The van der Waals surface area contributed by atoms with Crippen LogP contribution in [0.1, 0.15) is 22.5 Å². The minimum absolute atomic E-state index is 0.153. The van der Waals surface area contributed by atoms with Crippen LogP contribution in [0.3, 0.4) is 0 Å². The summed E-state index contributed by atoms with van der Waals surface area (Å²) in [4.78, 5) is 4.40. The first-order valence-electron chi connectivity index (χ1n) is 6.69. The second-order valence-corrected chi connectivity index (χ2v) is 4.75. The number of hydrogen-bond acceptors (Lipinski definition) is 4.